The van der Waals surface area contributed by atoms with Gasteiger partial charge in [-0.15, -0.1) is 0 Å². The normalized spacial score (nSPS) is 19.3. The summed E-state index contributed by atoms with van der Waals surface area (Å²) in [6.45, 7) is 1.09. The van der Waals surface area contributed by atoms with Crippen LogP contribution in [0.2, 0.25) is 5.02 Å². The summed E-state index contributed by atoms with van der Waals surface area (Å²) in [5, 5.41) is 4.28. The molecule has 0 spiro atoms. The lowest BCUT2D eigenvalue weighted by Crippen LogP contribution is -2.16. The highest BCUT2D eigenvalue weighted by molar-refractivity contribution is 14.1. The second kappa shape index (κ2) is 5.19. The predicted molar refractivity (Wildman–Crippen MR) is 81.3 cm³/mol. The molecule has 1 saturated heterocycles. The third-order valence-corrected chi connectivity index (χ3v) is 4.35. The first-order valence-corrected chi connectivity index (χ1v) is 7.42. The van der Waals surface area contributed by atoms with Crippen LogP contribution >= 0.6 is 34.2 Å². The minimum Gasteiger partial charge on any atom is -0.309 e. The second-order valence-corrected chi connectivity index (χ2v) is 6.03. The van der Waals surface area contributed by atoms with Gasteiger partial charge in [-0.25, -0.2) is 4.98 Å². The molecular weight excluding hydrogens is 361 g/mol. The summed E-state index contributed by atoms with van der Waals surface area (Å²) >= 11 is 8.32. The summed E-state index contributed by atoms with van der Waals surface area (Å²) in [4.78, 5) is 4.29. The van der Waals surface area contributed by atoms with Crippen LogP contribution in [0.1, 0.15) is 24.6 Å². The largest absolute Gasteiger partial charge is 0.309 e. The molecule has 3 nitrogen and oxygen atoms in total. The van der Waals surface area contributed by atoms with Crippen LogP contribution in [0.5, 0.6) is 0 Å². The number of imidazole rings is 1. The van der Waals surface area contributed by atoms with Crippen molar-refractivity contribution < 1.29 is 0 Å². The minimum atomic E-state index is 0.416. The Balaban J connectivity index is 2.03. The van der Waals surface area contributed by atoms with Gasteiger partial charge in [-0.05, 0) is 60.2 Å². The van der Waals surface area contributed by atoms with Crippen molar-refractivity contribution in [1.29, 1.82) is 0 Å². The fraction of sp³-hybridized carbons (Fsp3) is 0.308. The van der Waals surface area contributed by atoms with Crippen LogP contribution in [0.3, 0.4) is 0 Å². The molecule has 2 heterocycles. The molecule has 1 aliphatic rings. The Morgan fingerprint density at radius 3 is 3.06 bits per heavy atom. The van der Waals surface area contributed by atoms with Gasteiger partial charge < -0.3 is 9.88 Å². The third-order valence-electron chi connectivity index (χ3n) is 3.25. The van der Waals surface area contributed by atoms with Crippen LogP contribution < -0.4 is 5.32 Å². The van der Waals surface area contributed by atoms with Crippen LogP contribution in [-0.4, -0.2) is 16.1 Å². The fourth-order valence-corrected chi connectivity index (χ4v) is 3.51. The van der Waals surface area contributed by atoms with Gasteiger partial charge in [0, 0.05) is 14.6 Å². The Bertz CT molecular complexity index is 561. The Morgan fingerprint density at radius 2 is 2.33 bits per heavy atom. The van der Waals surface area contributed by atoms with Gasteiger partial charge in [-0.1, -0.05) is 11.6 Å². The molecule has 0 unspecified atom stereocenters. The molecule has 18 heavy (non-hydrogen) atoms. The van der Waals surface area contributed by atoms with E-state index in [4.69, 9.17) is 11.6 Å². The number of benzene rings is 1. The molecule has 1 aromatic carbocycles. The molecule has 2 aromatic rings. The summed E-state index contributed by atoms with van der Waals surface area (Å²) in [6.07, 6.45) is 6.23. The number of hydrogen-bond acceptors (Lipinski definition) is 2. The third kappa shape index (κ3) is 2.29. The molecule has 1 atom stereocenters. The lowest BCUT2D eigenvalue weighted by molar-refractivity contribution is 0.615. The molecule has 3 rings (SSSR count). The highest BCUT2D eigenvalue weighted by atomic mass is 127. The molecule has 0 bridgehead atoms. The van der Waals surface area contributed by atoms with E-state index in [9.17, 15) is 0 Å². The van der Waals surface area contributed by atoms with Crippen LogP contribution in [-0.2, 0) is 0 Å². The van der Waals surface area contributed by atoms with Crippen LogP contribution in [0.15, 0.2) is 30.7 Å². The lowest BCUT2D eigenvalue weighted by atomic mass is 10.1. The maximum Gasteiger partial charge on any atom is 0.0995 e. The second-order valence-electron chi connectivity index (χ2n) is 4.43. The average molecular weight is 374 g/mol. The van der Waals surface area contributed by atoms with Gasteiger partial charge in [0.15, 0.2) is 0 Å². The average Bonchev–Trinajstić information content (AvgIpc) is 2.98. The summed E-state index contributed by atoms with van der Waals surface area (Å²) in [7, 11) is 0. The van der Waals surface area contributed by atoms with Gasteiger partial charge in [0.05, 0.1) is 23.9 Å². The zero-order valence-corrected chi connectivity index (χ0v) is 12.6. The number of nitrogens with zero attached hydrogens (tertiary/aromatic N) is 2. The Hall–Kier alpha value is -0.590. The minimum absolute atomic E-state index is 0.416. The van der Waals surface area contributed by atoms with Crippen molar-refractivity contribution in [3.8, 4) is 5.69 Å². The Morgan fingerprint density at radius 1 is 1.44 bits per heavy atom. The quantitative estimate of drug-likeness (QED) is 0.816. The van der Waals surface area contributed by atoms with E-state index in [0.717, 1.165) is 20.8 Å². The highest BCUT2D eigenvalue weighted by Gasteiger charge is 2.20. The smallest absolute Gasteiger partial charge is 0.0995 e. The maximum atomic E-state index is 6.00. The first-order chi connectivity index (χ1) is 8.75. The van der Waals surface area contributed by atoms with Crippen molar-refractivity contribution in [2.75, 3.05) is 6.54 Å². The Kier molecular flexibility index (Phi) is 3.59. The molecule has 1 aliphatic heterocycles. The standard InChI is InChI=1S/C13H13ClIN3/c14-9-3-4-12(10(15)6-9)18-8-16-7-13(18)11-2-1-5-17-11/h3-4,6-8,11,17H,1-2,5H2/t11-/m0/s1. The zero-order chi connectivity index (χ0) is 12.5. The van der Waals surface area contributed by atoms with E-state index in [0.29, 0.717) is 6.04 Å². The molecule has 94 valence electrons. The number of rotatable bonds is 2. The van der Waals surface area contributed by atoms with E-state index >= 15 is 0 Å². The van der Waals surface area contributed by atoms with Gasteiger partial charge in [-0.2, -0.15) is 0 Å². The van der Waals surface area contributed by atoms with Gasteiger partial charge in [0.1, 0.15) is 0 Å². The van der Waals surface area contributed by atoms with Gasteiger partial charge >= 0.3 is 0 Å². The SMILES string of the molecule is Clc1ccc(-n2cncc2[C@@H]2CCCN2)c(I)c1. The van der Waals surface area contributed by atoms with Crippen molar-refractivity contribution in [3.63, 3.8) is 0 Å². The van der Waals surface area contributed by atoms with E-state index in [1.54, 1.807) is 0 Å². The monoisotopic (exact) mass is 373 g/mol. The summed E-state index contributed by atoms with van der Waals surface area (Å²) < 4.78 is 3.29. The summed E-state index contributed by atoms with van der Waals surface area (Å²) in [5.41, 5.74) is 2.37. The van der Waals surface area contributed by atoms with E-state index < -0.39 is 0 Å². The Labute approximate surface area is 125 Å². The summed E-state index contributed by atoms with van der Waals surface area (Å²) in [5.74, 6) is 0. The van der Waals surface area contributed by atoms with Crippen molar-refractivity contribution in [3.05, 3.63) is 45.0 Å². The molecule has 0 saturated carbocycles. The zero-order valence-electron chi connectivity index (χ0n) is 9.74. The van der Waals surface area contributed by atoms with Crippen molar-refractivity contribution in [1.82, 2.24) is 14.9 Å². The molecular formula is C13H13ClIN3. The van der Waals surface area contributed by atoms with Crippen molar-refractivity contribution >= 4 is 34.2 Å². The van der Waals surface area contributed by atoms with Gasteiger partial charge in [0.2, 0.25) is 0 Å². The first kappa shape index (κ1) is 12.4. The van der Waals surface area contributed by atoms with Crippen molar-refractivity contribution in [2.24, 2.45) is 0 Å². The number of aromatic nitrogens is 2. The molecule has 5 heteroatoms. The molecule has 1 aromatic heterocycles. The van der Waals surface area contributed by atoms with Gasteiger partial charge in [0.25, 0.3) is 0 Å². The van der Waals surface area contributed by atoms with E-state index in [2.05, 4.69) is 37.5 Å². The first-order valence-electron chi connectivity index (χ1n) is 5.97. The highest BCUT2D eigenvalue weighted by Crippen LogP contribution is 2.28. The number of halogens is 2. The molecule has 1 fully saturated rings. The molecule has 1 N–H and O–H groups in total. The van der Waals surface area contributed by atoms with E-state index in [-0.39, 0.29) is 0 Å². The van der Waals surface area contributed by atoms with E-state index in [1.807, 2.05) is 30.7 Å². The predicted octanol–water partition coefficient (Wildman–Crippen LogP) is 3.55. The fourth-order valence-electron chi connectivity index (χ4n) is 2.38. The van der Waals surface area contributed by atoms with Crippen LogP contribution in [0.25, 0.3) is 5.69 Å². The number of hydrogen-bond donors (Lipinski definition) is 1. The van der Waals surface area contributed by atoms with Crippen LogP contribution in [0, 0.1) is 3.57 Å². The molecule has 0 amide bonds. The van der Waals surface area contributed by atoms with Crippen molar-refractivity contribution in [2.45, 2.75) is 18.9 Å². The topological polar surface area (TPSA) is 29.9 Å². The van der Waals surface area contributed by atoms with E-state index in [1.165, 1.54) is 18.5 Å². The lowest BCUT2D eigenvalue weighted by Gasteiger charge is -2.15. The summed E-state index contributed by atoms with van der Waals surface area (Å²) in [6, 6.07) is 6.36. The molecule has 0 aliphatic carbocycles. The molecule has 0 radical (unpaired) electrons. The maximum absolute atomic E-state index is 6.00. The van der Waals surface area contributed by atoms with Crippen LogP contribution in [0.4, 0.5) is 0 Å². The van der Waals surface area contributed by atoms with Gasteiger partial charge in [-0.3, -0.25) is 0 Å². The number of nitrogens with one attached hydrogen (secondary N) is 1.